The van der Waals surface area contributed by atoms with E-state index in [0.717, 1.165) is 5.56 Å². The fourth-order valence-corrected chi connectivity index (χ4v) is 1.33. The van der Waals surface area contributed by atoms with Crippen LogP contribution >= 0.6 is 0 Å². The van der Waals surface area contributed by atoms with Crippen LogP contribution in [0.15, 0.2) is 35.5 Å². The van der Waals surface area contributed by atoms with E-state index in [-0.39, 0.29) is 11.5 Å². The molecule has 14 heavy (non-hydrogen) atoms. The molecule has 72 valence electrons. The van der Waals surface area contributed by atoms with Gasteiger partial charge in [-0.3, -0.25) is 10.1 Å². The Balaban J connectivity index is 2.31. The van der Waals surface area contributed by atoms with Gasteiger partial charge in [-0.25, -0.2) is 0 Å². The van der Waals surface area contributed by atoms with Crippen LogP contribution in [0.4, 0.5) is 0 Å². The minimum Gasteiger partial charge on any atom is -0.387 e. The van der Waals surface area contributed by atoms with Crippen molar-refractivity contribution in [2.75, 3.05) is 6.61 Å². The smallest absolute Gasteiger partial charge is 0.294 e. The summed E-state index contributed by atoms with van der Waals surface area (Å²) in [6.07, 6.45) is 0. The Morgan fingerprint density at radius 2 is 2.14 bits per heavy atom. The third kappa shape index (κ3) is 1.44. The average molecular weight is 192 g/mol. The van der Waals surface area contributed by atoms with Crippen molar-refractivity contribution >= 4 is 5.71 Å². The first kappa shape index (κ1) is 8.68. The Bertz CT molecular complexity index is 375. The number of rotatable bonds is 2. The molecule has 0 saturated heterocycles. The van der Waals surface area contributed by atoms with Gasteiger partial charge in [0.05, 0.1) is 0 Å². The summed E-state index contributed by atoms with van der Waals surface area (Å²) in [5, 5.41) is 14.3. The normalized spacial score (nSPS) is 20.0. The van der Waals surface area contributed by atoms with Crippen LogP contribution in [0.2, 0.25) is 0 Å². The molecule has 0 radical (unpaired) electrons. The fraction of sp³-hybridized carbons (Fsp3) is 0.222. The Morgan fingerprint density at radius 3 is 2.79 bits per heavy atom. The highest BCUT2D eigenvalue weighted by molar-refractivity contribution is 6.04. The quantitative estimate of drug-likeness (QED) is 0.520. The zero-order valence-corrected chi connectivity index (χ0v) is 7.29. The average Bonchev–Trinajstić information content (AvgIpc) is 2.67. The molecule has 1 aliphatic rings. The molecule has 0 spiro atoms. The van der Waals surface area contributed by atoms with Gasteiger partial charge in [-0.1, -0.05) is 35.5 Å². The van der Waals surface area contributed by atoms with Crippen LogP contribution in [-0.4, -0.2) is 23.3 Å². The summed E-state index contributed by atoms with van der Waals surface area (Å²) in [6, 6.07) is 8.20. The van der Waals surface area contributed by atoms with Crippen molar-refractivity contribution in [3.05, 3.63) is 46.0 Å². The van der Waals surface area contributed by atoms with Crippen LogP contribution in [0.5, 0.6) is 0 Å². The molecule has 0 fully saturated rings. The summed E-state index contributed by atoms with van der Waals surface area (Å²) in [4.78, 5) is 15.0. The van der Waals surface area contributed by atoms with Crippen LogP contribution in [-0.2, 0) is 4.84 Å². The van der Waals surface area contributed by atoms with Crippen LogP contribution in [0.3, 0.4) is 0 Å². The minimum atomic E-state index is -0.836. The van der Waals surface area contributed by atoms with Crippen molar-refractivity contribution < 1.29 is 9.76 Å². The topological polar surface area (TPSA) is 64.7 Å². The van der Waals surface area contributed by atoms with Gasteiger partial charge in [0, 0.05) is 10.5 Å². The van der Waals surface area contributed by atoms with Crippen LogP contribution in [0, 0.1) is 10.1 Å². The number of oxime groups is 1. The zero-order valence-electron chi connectivity index (χ0n) is 7.29. The SMILES string of the molecule is O=[N+]([O-])C1CON=C1c1ccccc1. The van der Waals surface area contributed by atoms with Crippen molar-refractivity contribution in [2.24, 2.45) is 5.16 Å². The van der Waals surface area contributed by atoms with Gasteiger partial charge in [-0.15, -0.1) is 0 Å². The van der Waals surface area contributed by atoms with Crippen LogP contribution in [0.25, 0.3) is 0 Å². The first-order chi connectivity index (χ1) is 6.79. The number of nitrogens with zero attached hydrogens (tertiary/aromatic N) is 2. The number of benzene rings is 1. The Hall–Kier alpha value is -1.91. The molecule has 1 heterocycles. The maximum Gasteiger partial charge on any atom is 0.294 e. The lowest BCUT2D eigenvalue weighted by atomic mass is 10.1. The molecule has 0 saturated carbocycles. The Morgan fingerprint density at radius 1 is 1.43 bits per heavy atom. The van der Waals surface area contributed by atoms with Gasteiger partial charge >= 0.3 is 0 Å². The molecule has 2 rings (SSSR count). The second-order valence-corrected chi connectivity index (χ2v) is 2.94. The first-order valence-electron chi connectivity index (χ1n) is 4.18. The van der Waals surface area contributed by atoms with Crippen molar-refractivity contribution in [3.63, 3.8) is 0 Å². The summed E-state index contributed by atoms with van der Waals surface area (Å²) in [5.74, 6) is 0. The fourth-order valence-electron chi connectivity index (χ4n) is 1.33. The molecule has 5 nitrogen and oxygen atoms in total. The maximum absolute atomic E-state index is 10.6. The standard InChI is InChI=1S/C9H8N2O3/c12-11(13)8-6-14-10-9(8)7-4-2-1-3-5-7/h1-5,8H,6H2. The van der Waals surface area contributed by atoms with E-state index in [1.807, 2.05) is 18.2 Å². The summed E-state index contributed by atoms with van der Waals surface area (Å²) in [5.41, 5.74) is 1.14. The molecular formula is C9H8N2O3. The predicted octanol–water partition coefficient (Wildman–Crippen LogP) is 1.07. The molecule has 0 bridgehead atoms. The first-order valence-corrected chi connectivity index (χ1v) is 4.18. The molecule has 0 amide bonds. The Labute approximate surface area is 80.1 Å². The van der Waals surface area contributed by atoms with Gasteiger partial charge in [0.2, 0.25) is 0 Å². The van der Waals surface area contributed by atoms with Gasteiger partial charge in [-0.2, -0.15) is 0 Å². The van der Waals surface area contributed by atoms with E-state index in [2.05, 4.69) is 5.16 Å². The number of hydrogen-bond acceptors (Lipinski definition) is 4. The van der Waals surface area contributed by atoms with E-state index >= 15 is 0 Å². The highest BCUT2D eigenvalue weighted by Crippen LogP contribution is 2.13. The lowest BCUT2D eigenvalue weighted by Gasteiger charge is -2.01. The monoisotopic (exact) mass is 192 g/mol. The lowest BCUT2D eigenvalue weighted by molar-refractivity contribution is -0.503. The summed E-state index contributed by atoms with van der Waals surface area (Å²) in [6.45, 7) is 0.0250. The van der Waals surface area contributed by atoms with Crippen molar-refractivity contribution in [2.45, 2.75) is 6.04 Å². The van der Waals surface area contributed by atoms with Crippen LogP contribution < -0.4 is 0 Å². The molecule has 1 aromatic rings. The van der Waals surface area contributed by atoms with Crippen molar-refractivity contribution in [3.8, 4) is 0 Å². The van der Waals surface area contributed by atoms with Gasteiger partial charge in [0.15, 0.2) is 12.3 Å². The van der Waals surface area contributed by atoms with Gasteiger partial charge < -0.3 is 4.84 Å². The van der Waals surface area contributed by atoms with Crippen LogP contribution in [0.1, 0.15) is 5.56 Å². The third-order valence-electron chi connectivity index (χ3n) is 2.03. The molecule has 1 atom stereocenters. The van der Waals surface area contributed by atoms with E-state index in [1.165, 1.54) is 0 Å². The zero-order chi connectivity index (χ0) is 9.97. The molecule has 0 aromatic heterocycles. The summed E-state index contributed by atoms with van der Waals surface area (Å²) in [7, 11) is 0. The molecule has 1 aromatic carbocycles. The van der Waals surface area contributed by atoms with Crippen molar-refractivity contribution in [1.82, 2.24) is 0 Å². The molecule has 0 N–H and O–H groups in total. The number of hydrogen-bond donors (Lipinski definition) is 0. The largest absolute Gasteiger partial charge is 0.387 e. The predicted molar refractivity (Wildman–Crippen MR) is 49.7 cm³/mol. The van der Waals surface area contributed by atoms with Gasteiger partial charge in [-0.05, 0) is 0 Å². The van der Waals surface area contributed by atoms with E-state index in [0.29, 0.717) is 5.71 Å². The number of nitro groups is 1. The van der Waals surface area contributed by atoms with E-state index in [1.54, 1.807) is 12.1 Å². The summed E-state index contributed by atoms with van der Waals surface area (Å²) >= 11 is 0. The van der Waals surface area contributed by atoms with Gasteiger partial charge in [0.1, 0.15) is 0 Å². The van der Waals surface area contributed by atoms with E-state index in [9.17, 15) is 10.1 Å². The molecule has 0 aliphatic carbocycles. The van der Waals surface area contributed by atoms with Crippen molar-refractivity contribution in [1.29, 1.82) is 0 Å². The minimum absolute atomic E-state index is 0.0250. The van der Waals surface area contributed by atoms with Gasteiger partial charge in [0.25, 0.3) is 6.04 Å². The van der Waals surface area contributed by atoms with E-state index < -0.39 is 6.04 Å². The molecule has 1 aliphatic heterocycles. The lowest BCUT2D eigenvalue weighted by Crippen LogP contribution is -2.29. The highest BCUT2D eigenvalue weighted by atomic mass is 16.7. The van der Waals surface area contributed by atoms with E-state index in [4.69, 9.17) is 4.84 Å². The maximum atomic E-state index is 10.6. The third-order valence-corrected chi connectivity index (χ3v) is 2.03. The Kier molecular flexibility index (Phi) is 2.14. The summed E-state index contributed by atoms with van der Waals surface area (Å²) < 4.78 is 0. The molecule has 5 heteroatoms. The molecular weight excluding hydrogens is 184 g/mol. The molecule has 1 unspecified atom stereocenters. The second-order valence-electron chi connectivity index (χ2n) is 2.94. The highest BCUT2D eigenvalue weighted by Gasteiger charge is 2.34. The second kappa shape index (κ2) is 3.45.